The van der Waals surface area contributed by atoms with Gasteiger partial charge < -0.3 is 9.72 Å². The third kappa shape index (κ3) is 2.12. The Balaban J connectivity index is 2.49. The minimum atomic E-state index is 0.492. The fourth-order valence-electron chi connectivity index (χ4n) is 1.58. The van der Waals surface area contributed by atoms with Crippen molar-refractivity contribution in [3.8, 4) is 17.0 Å². The molecule has 1 N–H and O–H groups in total. The monoisotopic (exact) mass is 232 g/mol. The third-order valence-corrected chi connectivity index (χ3v) is 2.59. The van der Waals surface area contributed by atoms with Crippen molar-refractivity contribution in [3.05, 3.63) is 40.8 Å². The number of aromatic amines is 1. The summed E-state index contributed by atoms with van der Waals surface area (Å²) in [5.41, 5.74) is 3.13. The lowest BCUT2D eigenvalue weighted by atomic mass is 10.1. The maximum absolute atomic E-state index is 5.22. The van der Waals surface area contributed by atoms with Gasteiger partial charge in [0.25, 0.3) is 0 Å². The van der Waals surface area contributed by atoms with E-state index in [0.717, 1.165) is 22.6 Å². The normalized spacial score (nSPS) is 10.1. The van der Waals surface area contributed by atoms with Gasteiger partial charge in [0.15, 0.2) is 4.77 Å². The molecule has 0 atom stereocenters. The molecule has 2 aromatic rings. The SMILES string of the molecule is COc1ccc(-c2ccnc(=S)[nH]2)cc1C. The summed E-state index contributed by atoms with van der Waals surface area (Å²) in [7, 11) is 1.67. The topological polar surface area (TPSA) is 37.9 Å². The Morgan fingerprint density at radius 1 is 1.31 bits per heavy atom. The minimum Gasteiger partial charge on any atom is -0.496 e. The van der Waals surface area contributed by atoms with Gasteiger partial charge in [-0.3, -0.25) is 0 Å². The van der Waals surface area contributed by atoms with Crippen molar-refractivity contribution < 1.29 is 4.74 Å². The van der Waals surface area contributed by atoms with Crippen LogP contribution < -0.4 is 4.74 Å². The molecule has 0 radical (unpaired) electrons. The van der Waals surface area contributed by atoms with Gasteiger partial charge in [-0.2, -0.15) is 0 Å². The molecule has 0 fully saturated rings. The highest BCUT2D eigenvalue weighted by Crippen LogP contribution is 2.24. The molecular weight excluding hydrogens is 220 g/mol. The Bertz CT molecular complexity index is 563. The summed E-state index contributed by atoms with van der Waals surface area (Å²) in [6.45, 7) is 2.01. The second kappa shape index (κ2) is 4.45. The molecule has 0 aliphatic heterocycles. The Morgan fingerprint density at radius 2 is 2.12 bits per heavy atom. The molecule has 0 amide bonds. The molecule has 2 rings (SSSR count). The average molecular weight is 232 g/mol. The number of methoxy groups -OCH3 is 1. The van der Waals surface area contributed by atoms with Gasteiger partial charge in [-0.15, -0.1) is 0 Å². The summed E-state index contributed by atoms with van der Waals surface area (Å²) in [6, 6.07) is 7.89. The number of rotatable bonds is 2. The van der Waals surface area contributed by atoms with Crippen LogP contribution in [0.1, 0.15) is 5.56 Å². The number of hydrogen-bond acceptors (Lipinski definition) is 3. The minimum absolute atomic E-state index is 0.492. The standard InChI is InChI=1S/C12H12N2OS/c1-8-7-9(3-4-11(8)15-2)10-5-6-13-12(16)14-10/h3-7H,1-2H3,(H,13,14,16). The fraction of sp³-hybridized carbons (Fsp3) is 0.167. The van der Waals surface area contributed by atoms with Gasteiger partial charge in [0.2, 0.25) is 0 Å². The number of ether oxygens (including phenoxy) is 1. The first kappa shape index (κ1) is 10.8. The second-order valence-electron chi connectivity index (χ2n) is 3.47. The van der Waals surface area contributed by atoms with Crippen LogP contribution in [0.25, 0.3) is 11.3 Å². The lowest BCUT2D eigenvalue weighted by Gasteiger charge is -2.07. The molecule has 16 heavy (non-hydrogen) atoms. The molecule has 0 bridgehead atoms. The van der Waals surface area contributed by atoms with Crippen LogP contribution in [0.4, 0.5) is 0 Å². The Kier molecular flexibility index (Phi) is 3.01. The van der Waals surface area contributed by atoms with Crippen LogP contribution in [0.2, 0.25) is 0 Å². The van der Waals surface area contributed by atoms with Crippen molar-refractivity contribution in [3.63, 3.8) is 0 Å². The molecule has 0 unspecified atom stereocenters. The van der Waals surface area contributed by atoms with Gasteiger partial charge in [0, 0.05) is 11.9 Å². The Hall–Kier alpha value is -1.68. The van der Waals surface area contributed by atoms with Crippen molar-refractivity contribution in [1.29, 1.82) is 0 Å². The molecule has 1 aromatic carbocycles. The Labute approximate surface area is 99.1 Å². The van der Waals surface area contributed by atoms with E-state index in [4.69, 9.17) is 17.0 Å². The average Bonchev–Trinajstić information content (AvgIpc) is 2.29. The molecule has 4 heteroatoms. The van der Waals surface area contributed by atoms with E-state index in [1.807, 2.05) is 25.1 Å². The largest absolute Gasteiger partial charge is 0.496 e. The molecule has 0 aliphatic carbocycles. The summed E-state index contributed by atoms with van der Waals surface area (Å²) < 4.78 is 5.71. The maximum Gasteiger partial charge on any atom is 0.197 e. The molecule has 0 aliphatic rings. The quantitative estimate of drug-likeness (QED) is 0.808. The smallest absolute Gasteiger partial charge is 0.197 e. The first-order valence-corrected chi connectivity index (χ1v) is 5.32. The molecular formula is C12H12N2OS. The summed E-state index contributed by atoms with van der Waals surface area (Å²) >= 11 is 4.99. The van der Waals surface area contributed by atoms with Crippen molar-refractivity contribution in [2.24, 2.45) is 0 Å². The molecule has 1 heterocycles. The lowest BCUT2D eigenvalue weighted by molar-refractivity contribution is 0.412. The maximum atomic E-state index is 5.22. The van der Waals surface area contributed by atoms with E-state index in [9.17, 15) is 0 Å². The summed E-state index contributed by atoms with van der Waals surface area (Å²) in [4.78, 5) is 7.01. The number of aryl methyl sites for hydroxylation is 1. The number of nitrogens with zero attached hydrogens (tertiary/aromatic N) is 1. The van der Waals surface area contributed by atoms with E-state index in [2.05, 4.69) is 16.0 Å². The highest BCUT2D eigenvalue weighted by molar-refractivity contribution is 7.71. The van der Waals surface area contributed by atoms with Gasteiger partial charge >= 0.3 is 0 Å². The van der Waals surface area contributed by atoms with Crippen molar-refractivity contribution in [2.75, 3.05) is 7.11 Å². The predicted molar refractivity (Wildman–Crippen MR) is 66.1 cm³/mol. The summed E-state index contributed by atoms with van der Waals surface area (Å²) in [5.74, 6) is 0.886. The van der Waals surface area contributed by atoms with Crippen molar-refractivity contribution in [2.45, 2.75) is 6.92 Å². The highest BCUT2D eigenvalue weighted by atomic mass is 32.1. The van der Waals surface area contributed by atoms with E-state index >= 15 is 0 Å². The van der Waals surface area contributed by atoms with Gasteiger partial charge in [0.1, 0.15) is 5.75 Å². The van der Waals surface area contributed by atoms with Crippen molar-refractivity contribution >= 4 is 12.2 Å². The molecule has 3 nitrogen and oxygen atoms in total. The Morgan fingerprint density at radius 3 is 2.75 bits per heavy atom. The highest BCUT2D eigenvalue weighted by Gasteiger charge is 2.02. The molecule has 0 spiro atoms. The number of hydrogen-bond donors (Lipinski definition) is 1. The lowest BCUT2D eigenvalue weighted by Crippen LogP contribution is -1.90. The van der Waals surface area contributed by atoms with Crippen LogP contribution in [0.5, 0.6) is 5.75 Å². The van der Waals surface area contributed by atoms with Gasteiger partial charge in [-0.05, 0) is 54.5 Å². The van der Waals surface area contributed by atoms with Crippen LogP contribution >= 0.6 is 12.2 Å². The first-order chi connectivity index (χ1) is 7.70. The number of aromatic nitrogens is 2. The van der Waals surface area contributed by atoms with E-state index in [1.165, 1.54) is 0 Å². The first-order valence-electron chi connectivity index (χ1n) is 4.91. The van der Waals surface area contributed by atoms with Crippen LogP contribution in [0, 0.1) is 11.7 Å². The van der Waals surface area contributed by atoms with Crippen LogP contribution in [0.15, 0.2) is 30.5 Å². The molecule has 1 aromatic heterocycles. The van der Waals surface area contributed by atoms with Crippen LogP contribution in [-0.2, 0) is 0 Å². The zero-order valence-corrected chi connectivity index (χ0v) is 9.97. The third-order valence-electron chi connectivity index (χ3n) is 2.38. The molecule has 0 saturated heterocycles. The van der Waals surface area contributed by atoms with Crippen LogP contribution in [-0.4, -0.2) is 17.1 Å². The summed E-state index contributed by atoms with van der Waals surface area (Å²) in [5, 5.41) is 0. The van der Waals surface area contributed by atoms with E-state index in [0.29, 0.717) is 4.77 Å². The predicted octanol–water partition coefficient (Wildman–Crippen LogP) is 3.12. The number of nitrogens with one attached hydrogen (secondary N) is 1. The van der Waals surface area contributed by atoms with E-state index < -0.39 is 0 Å². The van der Waals surface area contributed by atoms with E-state index in [1.54, 1.807) is 13.3 Å². The second-order valence-corrected chi connectivity index (χ2v) is 3.86. The van der Waals surface area contributed by atoms with Crippen molar-refractivity contribution in [1.82, 2.24) is 9.97 Å². The zero-order valence-electron chi connectivity index (χ0n) is 9.15. The van der Waals surface area contributed by atoms with Gasteiger partial charge in [-0.25, -0.2) is 4.98 Å². The summed E-state index contributed by atoms with van der Waals surface area (Å²) in [6.07, 6.45) is 1.70. The number of benzene rings is 1. The molecule has 0 saturated carbocycles. The van der Waals surface area contributed by atoms with Crippen LogP contribution in [0.3, 0.4) is 0 Å². The molecule has 82 valence electrons. The van der Waals surface area contributed by atoms with Gasteiger partial charge in [0.05, 0.1) is 7.11 Å². The number of H-pyrrole nitrogens is 1. The van der Waals surface area contributed by atoms with E-state index in [-0.39, 0.29) is 0 Å². The van der Waals surface area contributed by atoms with Gasteiger partial charge in [-0.1, -0.05) is 0 Å². The zero-order chi connectivity index (χ0) is 11.5. The fourth-order valence-corrected chi connectivity index (χ4v) is 1.75.